The molecule has 0 saturated heterocycles. The second kappa shape index (κ2) is 7.22. The van der Waals surface area contributed by atoms with Crippen molar-refractivity contribution in [3.63, 3.8) is 0 Å². The van der Waals surface area contributed by atoms with Crippen LogP contribution in [0, 0.1) is 11.8 Å². The fourth-order valence-electron chi connectivity index (χ4n) is 0.996. The third kappa shape index (κ3) is 5.70. The number of hydrogen-bond acceptors (Lipinski definition) is 3. The van der Waals surface area contributed by atoms with E-state index in [9.17, 15) is 9.59 Å². The van der Waals surface area contributed by atoms with E-state index in [1.165, 1.54) is 0 Å². The van der Waals surface area contributed by atoms with Crippen LogP contribution < -0.4 is 16.4 Å². The van der Waals surface area contributed by atoms with E-state index in [-0.39, 0.29) is 23.7 Å². The molecule has 4 N–H and O–H groups in total. The van der Waals surface area contributed by atoms with Crippen LogP contribution in [0.2, 0.25) is 0 Å². The van der Waals surface area contributed by atoms with Crippen LogP contribution in [0.15, 0.2) is 0 Å². The number of hydrogen-bond donors (Lipinski definition) is 3. The van der Waals surface area contributed by atoms with Crippen molar-refractivity contribution in [3.05, 3.63) is 0 Å². The predicted octanol–water partition coefficient (Wildman–Crippen LogP) is -0.142. The van der Waals surface area contributed by atoms with Gasteiger partial charge in [-0.3, -0.25) is 9.59 Å². The molecule has 0 saturated carbocycles. The van der Waals surface area contributed by atoms with Gasteiger partial charge in [0.15, 0.2) is 0 Å². The summed E-state index contributed by atoms with van der Waals surface area (Å²) in [7, 11) is 0. The highest BCUT2D eigenvalue weighted by molar-refractivity contribution is 5.82. The highest BCUT2D eigenvalue weighted by Crippen LogP contribution is 1.97. The molecule has 0 aliphatic heterocycles. The Balaban J connectivity index is 3.67. The average molecular weight is 229 g/mol. The lowest BCUT2D eigenvalue weighted by Crippen LogP contribution is -2.46. The minimum atomic E-state index is -0.485. The quantitative estimate of drug-likeness (QED) is 0.554. The molecule has 16 heavy (non-hydrogen) atoms. The minimum Gasteiger partial charge on any atom is -0.354 e. The summed E-state index contributed by atoms with van der Waals surface area (Å²) in [6.45, 7) is 8.28. The standard InChI is InChI=1S/C11H23N3O2/c1-7(2)9(12)11(16)14-6-5-13-10(15)8(3)4/h7-9H,5-6,12H2,1-4H3,(H,13,15)(H,14,16). The molecule has 0 aromatic rings. The molecule has 0 aliphatic rings. The summed E-state index contributed by atoms with van der Waals surface area (Å²) in [4.78, 5) is 22.6. The molecule has 0 aromatic carbocycles. The molecule has 0 aromatic heterocycles. The lowest BCUT2D eigenvalue weighted by atomic mass is 10.1. The zero-order valence-electron chi connectivity index (χ0n) is 10.5. The van der Waals surface area contributed by atoms with E-state index in [1.54, 1.807) is 0 Å². The summed E-state index contributed by atoms with van der Waals surface area (Å²) in [6.07, 6.45) is 0. The third-order valence-electron chi connectivity index (χ3n) is 2.27. The molecular formula is C11H23N3O2. The summed E-state index contributed by atoms with van der Waals surface area (Å²) in [5.74, 6) is -0.102. The SMILES string of the molecule is CC(C)C(=O)NCCNC(=O)C(N)C(C)C. The van der Waals surface area contributed by atoms with Crippen LogP contribution in [0.5, 0.6) is 0 Å². The maximum atomic E-state index is 11.4. The van der Waals surface area contributed by atoms with Crippen LogP contribution in [0.3, 0.4) is 0 Å². The van der Waals surface area contributed by atoms with Gasteiger partial charge in [0.25, 0.3) is 0 Å². The lowest BCUT2D eigenvalue weighted by Gasteiger charge is -2.15. The van der Waals surface area contributed by atoms with E-state index < -0.39 is 6.04 Å². The lowest BCUT2D eigenvalue weighted by molar-refractivity contribution is -0.125. The van der Waals surface area contributed by atoms with Crippen molar-refractivity contribution in [2.45, 2.75) is 33.7 Å². The third-order valence-corrected chi connectivity index (χ3v) is 2.27. The fourth-order valence-corrected chi connectivity index (χ4v) is 0.996. The van der Waals surface area contributed by atoms with E-state index in [4.69, 9.17) is 5.73 Å². The first-order valence-electron chi connectivity index (χ1n) is 5.67. The first-order valence-corrected chi connectivity index (χ1v) is 5.67. The normalized spacial score (nSPS) is 12.7. The van der Waals surface area contributed by atoms with Crippen LogP contribution >= 0.6 is 0 Å². The van der Waals surface area contributed by atoms with Crippen molar-refractivity contribution < 1.29 is 9.59 Å². The van der Waals surface area contributed by atoms with Gasteiger partial charge in [-0.2, -0.15) is 0 Å². The fraction of sp³-hybridized carbons (Fsp3) is 0.818. The Morgan fingerprint density at radius 2 is 1.44 bits per heavy atom. The summed E-state index contributed by atoms with van der Waals surface area (Å²) in [6, 6.07) is -0.485. The van der Waals surface area contributed by atoms with Crippen LogP contribution in [0.25, 0.3) is 0 Å². The number of nitrogens with two attached hydrogens (primary N) is 1. The molecule has 5 heteroatoms. The molecule has 1 unspecified atom stereocenters. The van der Waals surface area contributed by atoms with Gasteiger partial charge < -0.3 is 16.4 Å². The predicted molar refractivity (Wildman–Crippen MR) is 63.7 cm³/mol. The number of amides is 2. The first-order chi connectivity index (χ1) is 7.36. The highest BCUT2D eigenvalue weighted by Gasteiger charge is 2.16. The largest absolute Gasteiger partial charge is 0.354 e. The van der Waals surface area contributed by atoms with Gasteiger partial charge in [0, 0.05) is 19.0 Å². The molecule has 0 fully saturated rings. The van der Waals surface area contributed by atoms with Crippen molar-refractivity contribution in [1.82, 2.24) is 10.6 Å². The number of carbonyl (C=O) groups excluding carboxylic acids is 2. The van der Waals surface area contributed by atoms with Gasteiger partial charge in [-0.25, -0.2) is 0 Å². The van der Waals surface area contributed by atoms with Gasteiger partial charge in [0.2, 0.25) is 11.8 Å². The van der Waals surface area contributed by atoms with Crippen molar-refractivity contribution in [3.8, 4) is 0 Å². The molecule has 0 heterocycles. The second-order valence-corrected chi connectivity index (χ2v) is 4.51. The van der Waals surface area contributed by atoms with Crippen LogP contribution in [0.4, 0.5) is 0 Å². The Kier molecular flexibility index (Phi) is 6.72. The van der Waals surface area contributed by atoms with Crippen LogP contribution in [0.1, 0.15) is 27.7 Å². The Hall–Kier alpha value is -1.10. The molecule has 0 spiro atoms. The van der Waals surface area contributed by atoms with Gasteiger partial charge in [-0.05, 0) is 5.92 Å². The minimum absolute atomic E-state index is 0.0117. The Morgan fingerprint density at radius 1 is 1.00 bits per heavy atom. The van der Waals surface area contributed by atoms with Crippen LogP contribution in [-0.2, 0) is 9.59 Å². The van der Waals surface area contributed by atoms with Gasteiger partial charge in [-0.1, -0.05) is 27.7 Å². The van der Waals surface area contributed by atoms with Gasteiger partial charge >= 0.3 is 0 Å². The maximum absolute atomic E-state index is 11.4. The number of nitrogens with one attached hydrogen (secondary N) is 2. The van der Waals surface area contributed by atoms with Gasteiger partial charge in [-0.15, -0.1) is 0 Å². The molecule has 94 valence electrons. The van der Waals surface area contributed by atoms with Crippen molar-refractivity contribution >= 4 is 11.8 Å². The van der Waals surface area contributed by atoms with Crippen LogP contribution in [-0.4, -0.2) is 30.9 Å². The van der Waals surface area contributed by atoms with E-state index in [0.29, 0.717) is 13.1 Å². The Bertz CT molecular complexity index is 239. The zero-order valence-corrected chi connectivity index (χ0v) is 10.5. The molecule has 0 bridgehead atoms. The van der Waals surface area contributed by atoms with Crippen molar-refractivity contribution in [2.75, 3.05) is 13.1 Å². The highest BCUT2D eigenvalue weighted by atomic mass is 16.2. The number of carbonyl (C=O) groups is 2. The number of rotatable bonds is 6. The summed E-state index contributed by atoms with van der Waals surface area (Å²) in [5, 5.41) is 5.39. The van der Waals surface area contributed by atoms with Gasteiger partial charge in [0.1, 0.15) is 0 Å². The van der Waals surface area contributed by atoms with E-state index >= 15 is 0 Å². The van der Waals surface area contributed by atoms with Gasteiger partial charge in [0.05, 0.1) is 6.04 Å². The smallest absolute Gasteiger partial charge is 0.237 e. The zero-order chi connectivity index (χ0) is 12.7. The van der Waals surface area contributed by atoms with E-state index in [0.717, 1.165) is 0 Å². The Morgan fingerprint density at radius 3 is 1.81 bits per heavy atom. The molecule has 5 nitrogen and oxygen atoms in total. The van der Waals surface area contributed by atoms with Crippen molar-refractivity contribution in [1.29, 1.82) is 0 Å². The summed E-state index contributed by atoms with van der Waals surface area (Å²) in [5.41, 5.74) is 5.65. The van der Waals surface area contributed by atoms with E-state index in [2.05, 4.69) is 10.6 Å². The van der Waals surface area contributed by atoms with E-state index in [1.807, 2.05) is 27.7 Å². The molecule has 0 rings (SSSR count). The molecular weight excluding hydrogens is 206 g/mol. The molecule has 2 amide bonds. The maximum Gasteiger partial charge on any atom is 0.237 e. The van der Waals surface area contributed by atoms with Crippen molar-refractivity contribution in [2.24, 2.45) is 17.6 Å². The monoisotopic (exact) mass is 229 g/mol. The summed E-state index contributed by atoms with van der Waals surface area (Å²) >= 11 is 0. The molecule has 1 atom stereocenters. The molecule has 0 radical (unpaired) electrons. The second-order valence-electron chi connectivity index (χ2n) is 4.51. The first kappa shape index (κ1) is 14.9. The molecule has 0 aliphatic carbocycles. The average Bonchev–Trinajstić information content (AvgIpc) is 2.22. The summed E-state index contributed by atoms with van der Waals surface area (Å²) < 4.78 is 0. The Labute approximate surface area is 97.2 Å². The topological polar surface area (TPSA) is 84.2 Å².